The third-order valence-corrected chi connectivity index (χ3v) is 8.08. The SMILES string of the molecule is CCOC1N[C@@H](C(C2CCC2)[C@@H]2NC(OCC)[C@@H](C(C)C)NC2OCC)C(OCC)N[C@@H]1C(C)C. The van der Waals surface area contributed by atoms with E-state index in [1.807, 2.05) is 0 Å². The number of hydrogen-bond donors (Lipinski definition) is 4. The highest BCUT2D eigenvalue weighted by Gasteiger charge is 2.52. The predicted molar refractivity (Wildman–Crippen MR) is 140 cm³/mol. The lowest BCUT2D eigenvalue weighted by Crippen LogP contribution is -2.77. The molecule has 3 aliphatic rings. The molecule has 0 spiro atoms. The van der Waals surface area contributed by atoms with Gasteiger partial charge in [-0.15, -0.1) is 0 Å². The summed E-state index contributed by atoms with van der Waals surface area (Å²) in [5.41, 5.74) is 0. The minimum Gasteiger partial charge on any atom is -0.362 e. The van der Waals surface area contributed by atoms with E-state index < -0.39 is 0 Å². The van der Waals surface area contributed by atoms with Crippen LogP contribution < -0.4 is 21.3 Å². The van der Waals surface area contributed by atoms with Crippen LogP contribution >= 0.6 is 0 Å². The zero-order valence-electron chi connectivity index (χ0n) is 23.5. The van der Waals surface area contributed by atoms with E-state index in [2.05, 4.69) is 76.7 Å². The monoisotopic (exact) mass is 498 g/mol. The van der Waals surface area contributed by atoms with Gasteiger partial charge in [-0.25, -0.2) is 0 Å². The summed E-state index contributed by atoms with van der Waals surface area (Å²) in [7, 11) is 0. The molecule has 4 unspecified atom stereocenters. The van der Waals surface area contributed by atoms with E-state index in [0.717, 1.165) is 0 Å². The van der Waals surface area contributed by atoms with Gasteiger partial charge in [0.2, 0.25) is 0 Å². The average molecular weight is 499 g/mol. The van der Waals surface area contributed by atoms with Gasteiger partial charge in [-0.3, -0.25) is 21.3 Å². The first-order valence-electron chi connectivity index (χ1n) is 14.4. The Hall–Kier alpha value is -0.320. The predicted octanol–water partition coefficient (Wildman–Crippen LogP) is 3.03. The van der Waals surface area contributed by atoms with Crippen molar-refractivity contribution in [3.8, 4) is 0 Å². The quantitative estimate of drug-likeness (QED) is 0.308. The lowest BCUT2D eigenvalue weighted by Gasteiger charge is -2.55. The number of rotatable bonds is 13. The highest BCUT2D eigenvalue weighted by Crippen LogP contribution is 2.41. The first kappa shape index (κ1) is 29.2. The van der Waals surface area contributed by atoms with E-state index in [0.29, 0.717) is 50.1 Å². The smallest absolute Gasteiger partial charge is 0.124 e. The molecular weight excluding hydrogens is 444 g/mol. The van der Waals surface area contributed by atoms with E-state index in [9.17, 15) is 0 Å². The zero-order valence-corrected chi connectivity index (χ0v) is 23.5. The van der Waals surface area contributed by atoms with E-state index >= 15 is 0 Å². The third-order valence-electron chi connectivity index (χ3n) is 8.08. The van der Waals surface area contributed by atoms with Crippen LogP contribution in [0.4, 0.5) is 0 Å². The molecule has 2 saturated heterocycles. The molecule has 1 saturated carbocycles. The van der Waals surface area contributed by atoms with Gasteiger partial charge in [0.1, 0.15) is 24.9 Å². The van der Waals surface area contributed by atoms with E-state index in [4.69, 9.17) is 18.9 Å². The molecule has 8 atom stereocenters. The van der Waals surface area contributed by atoms with Gasteiger partial charge in [-0.2, -0.15) is 0 Å². The molecule has 0 aromatic rings. The van der Waals surface area contributed by atoms with Crippen LogP contribution in [-0.2, 0) is 18.9 Å². The molecular formula is C27H54N4O4. The molecule has 206 valence electrons. The molecule has 2 aliphatic heterocycles. The van der Waals surface area contributed by atoms with Gasteiger partial charge in [0, 0.05) is 32.3 Å². The summed E-state index contributed by atoms with van der Waals surface area (Å²) in [6.07, 6.45) is 3.46. The summed E-state index contributed by atoms with van der Waals surface area (Å²) in [5.74, 6) is 1.73. The molecule has 4 N–H and O–H groups in total. The average Bonchev–Trinajstić information content (AvgIpc) is 2.78. The highest BCUT2D eigenvalue weighted by atomic mass is 16.5. The Morgan fingerprint density at radius 3 is 1.11 bits per heavy atom. The Labute approximate surface area is 214 Å². The van der Waals surface area contributed by atoms with Gasteiger partial charge in [-0.05, 0) is 45.4 Å². The summed E-state index contributed by atoms with van der Waals surface area (Å²) < 4.78 is 25.2. The van der Waals surface area contributed by atoms with Crippen molar-refractivity contribution in [1.82, 2.24) is 21.3 Å². The van der Waals surface area contributed by atoms with Crippen LogP contribution in [0.3, 0.4) is 0 Å². The standard InChI is InChI=1S/C27H54N4O4/c1-9-32-24-20(16(5)6)28-26(34-11-3)22(30-24)19(18-14-13-15-18)23-27(35-12-4)29-21(17(7)8)25(31-23)33-10-2/h16-31H,9-15H2,1-8H3/t19?,20-,21-,22+,23+,24?,25?,26?,27?/m1/s1. The van der Waals surface area contributed by atoms with E-state index in [1.54, 1.807) is 0 Å². The highest BCUT2D eigenvalue weighted by molar-refractivity contribution is 5.06. The fraction of sp³-hybridized carbons (Fsp3) is 1.00. The molecule has 3 fully saturated rings. The fourth-order valence-corrected chi connectivity index (χ4v) is 6.19. The van der Waals surface area contributed by atoms with Crippen molar-refractivity contribution in [3.63, 3.8) is 0 Å². The summed E-state index contributed by atoms with van der Waals surface area (Å²) in [4.78, 5) is 0. The van der Waals surface area contributed by atoms with Crippen LogP contribution in [0.5, 0.6) is 0 Å². The maximum Gasteiger partial charge on any atom is 0.124 e. The maximum absolute atomic E-state index is 6.37. The van der Waals surface area contributed by atoms with Gasteiger partial charge in [0.05, 0.1) is 24.2 Å². The summed E-state index contributed by atoms with van der Waals surface area (Å²) in [6.45, 7) is 20.0. The molecule has 0 aromatic carbocycles. The molecule has 3 rings (SSSR count). The van der Waals surface area contributed by atoms with Crippen molar-refractivity contribution in [1.29, 1.82) is 0 Å². The van der Waals surface area contributed by atoms with Crippen molar-refractivity contribution in [3.05, 3.63) is 0 Å². The van der Waals surface area contributed by atoms with Crippen LogP contribution in [0.15, 0.2) is 0 Å². The van der Waals surface area contributed by atoms with Gasteiger partial charge >= 0.3 is 0 Å². The first-order chi connectivity index (χ1) is 16.9. The minimum atomic E-state index is -0.0906. The molecule has 35 heavy (non-hydrogen) atoms. The van der Waals surface area contributed by atoms with Crippen LogP contribution in [0.25, 0.3) is 0 Å². The fourth-order valence-electron chi connectivity index (χ4n) is 6.19. The van der Waals surface area contributed by atoms with Crippen LogP contribution in [-0.4, -0.2) is 75.5 Å². The molecule has 0 radical (unpaired) electrons. The number of piperazine rings is 2. The second-order valence-corrected chi connectivity index (χ2v) is 11.0. The number of ether oxygens (including phenoxy) is 4. The second kappa shape index (κ2) is 14.0. The molecule has 1 aliphatic carbocycles. The molecule has 2 heterocycles. The lowest BCUT2D eigenvalue weighted by molar-refractivity contribution is -0.150. The topological polar surface area (TPSA) is 85.0 Å². The van der Waals surface area contributed by atoms with E-state index in [-0.39, 0.29) is 49.1 Å². The van der Waals surface area contributed by atoms with E-state index in [1.165, 1.54) is 19.3 Å². The van der Waals surface area contributed by atoms with Gasteiger partial charge < -0.3 is 18.9 Å². The van der Waals surface area contributed by atoms with Crippen LogP contribution in [0.2, 0.25) is 0 Å². The maximum atomic E-state index is 6.37. The lowest BCUT2D eigenvalue weighted by atomic mass is 9.67. The van der Waals surface area contributed by atoms with Crippen molar-refractivity contribution in [2.75, 3.05) is 26.4 Å². The molecule has 0 bridgehead atoms. The molecule has 0 amide bonds. The first-order valence-corrected chi connectivity index (χ1v) is 14.4. The molecule has 0 aromatic heterocycles. The van der Waals surface area contributed by atoms with Gasteiger partial charge in [0.25, 0.3) is 0 Å². The number of hydrogen-bond acceptors (Lipinski definition) is 8. The van der Waals surface area contributed by atoms with Crippen molar-refractivity contribution < 1.29 is 18.9 Å². The van der Waals surface area contributed by atoms with Gasteiger partial charge in [-0.1, -0.05) is 47.0 Å². The zero-order chi connectivity index (χ0) is 25.5. The van der Waals surface area contributed by atoms with Crippen molar-refractivity contribution in [2.45, 2.75) is 124 Å². The summed E-state index contributed by atoms with van der Waals surface area (Å²) in [5, 5.41) is 15.6. The Morgan fingerprint density at radius 1 is 0.543 bits per heavy atom. The van der Waals surface area contributed by atoms with Crippen molar-refractivity contribution in [2.24, 2.45) is 23.7 Å². The van der Waals surface area contributed by atoms with Gasteiger partial charge in [0.15, 0.2) is 0 Å². The van der Waals surface area contributed by atoms with Crippen LogP contribution in [0, 0.1) is 23.7 Å². The Kier molecular flexibility index (Phi) is 11.7. The number of nitrogens with one attached hydrogen (secondary N) is 4. The second-order valence-electron chi connectivity index (χ2n) is 11.0. The summed E-state index contributed by atoms with van der Waals surface area (Å²) >= 11 is 0. The Balaban J connectivity index is 1.95. The minimum absolute atomic E-state index is 0.0579. The summed E-state index contributed by atoms with van der Waals surface area (Å²) in [6, 6.07) is 0.552. The normalized spacial score (nSPS) is 37.5. The van der Waals surface area contributed by atoms with Crippen molar-refractivity contribution >= 4 is 0 Å². The van der Waals surface area contributed by atoms with Crippen LogP contribution in [0.1, 0.15) is 74.7 Å². The largest absolute Gasteiger partial charge is 0.362 e. The third kappa shape index (κ3) is 6.96. The Bertz CT molecular complexity index is 562. The molecule has 8 heteroatoms. The Morgan fingerprint density at radius 2 is 0.857 bits per heavy atom. The molecule has 8 nitrogen and oxygen atoms in total.